The molecule has 2 rings (SSSR count). The quantitative estimate of drug-likeness (QED) is 0.816. The first kappa shape index (κ1) is 15.7. The lowest BCUT2D eigenvalue weighted by Gasteiger charge is -2.11. The van der Waals surface area contributed by atoms with Crippen LogP contribution in [-0.2, 0) is 10.0 Å². The lowest BCUT2D eigenvalue weighted by atomic mass is 10.1. The molecule has 22 heavy (non-hydrogen) atoms. The lowest BCUT2D eigenvalue weighted by molar-refractivity contribution is -0.254. The number of rotatable bonds is 4. The van der Waals surface area contributed by atoms with Crippen molar-refractivity contribution in [3.05, 3.63) is 59.7 Å². The topological polar surface area (TPSA) is 129 Å². The number of anilines is 1. The molecule has 0 bridgehead atoms. The first-order valence-corrected chi connectivity index (χ1v) is 7.58. The molecule has 114 valence electrons. The van der Waals surface area contributed by atoms with Crippen LogP contribution in [0.2, 0.25) is 0 Å². The smallest absolute Gasteiger partial charge is 0.255 e. The number of nitrogens with two attached hydrogens (primary N) is 1. The third kappa shape index (κ3) is 3.48. The molecule has 0 aliphatic carbocycles. The zero-order valence-corrected chi connectivity index (χ0v) is 12.0. The molecule has 2 aromatic carbocycles. The van der Waals surface area contributed by atoms with Crippen molar-refractivity contribution < 1.29 is 23.1 Å². The van der Waals surface area contributed by atoms with E-state index in [0.717, 1.165) is 6.07 Å². The molecule has 0 spiro atoms. The van der Waals surface area contributed by atoms with Crippen molar-refractivity contribution in [2.45, 2.75) is 4.90 Å². The van der Waals surface area contributed by atoms with Gasteiger partial charge in [0.05, 0.1) is 16.6 Å². The summed E-state index contributed by atoms with van der Waals surface area (Å²) in [6.07, 6.45) is 0. The second-order valence-corrected chi connectivity index (χ2v) is 5.92. The van der Waals surface area contributed by atoms with Crippen LogP contribution in [0.3, 0.4) is 0 Å². The summed E-state index contributed by atoms with van der Waals surface area (Å²) in [6, 6.07) is 10.8. The van der Waals surface area contributed by atoms with E-state index in [1.165, 1.54) is 36.4 Å². The largest absolute Gasteiger partial charge is 0.545 e. The molecule has 7 nitrogen and oxygen atoms in total. The van der Waals surface area contributed by atoms with Crippen molar-refractivity contribution in [2.24, 2.45) is 5.14 Å². The Balaban J connectivity index is 2.33. The molecule has 0 heterocycles. The number of sulfonamides is 1. The minimum Gasteiger partial charge on any atom is -0.545 e. The number of para-hydroxylation sites is 1. The average molecular weight is 319 g/mol. The third-order valence-corrected chi connectivity index (χ3v) is 3.73. The molecule has 1 amide bonds. The average Bonchev–Trinajstić information content (AvgIpc) is 2.47. The predicted molar refractivity (Wildman–Crippen MR) is 76.5 cm³/mol. The Morgan fingerprint density at radius 1 is 1.05 bits per heavy atom. The van der Waals surface area contributed by atoms with E-state index >= 15 is 0 Å². The first-order valence-electron chi connectivity index (χ1n) is 6.03. The molecule has 0 aromatic heterocycles. The normalized spacial score (nSPS) is 11.0. The minimum atomic E-state index is -3.94. The molecule has 2 aromatic rings. The van der Waals surface area contributed by atoms with Crippen molar-refractivity contribution in [1.82, 2.24) is 0 Å². The summed E-state index contributed by atoms with van der Waals surface area (Å²) in [4.78, 5) is 22.9. The number of carbonyl (C=O) groups excluding carboxylic acids is 2. The Labute approximate surface area is 126 Å². The molecule has 0 saturated carbocycles. The Hall–Kier alpha value is -2.71. The monoisotopic (exact) mass is 319 g/mol. The number of benzene rings is 2. The highest BCUT2D eigenvalue weighted by Gasteiger charge is 2.13. The van der Waals surface area contributed by atoms with Crippen molar-refractivity contribution in [3.8, 4) is 0 Å². The number of carboxylic acids is 1. The number of amides is 1. The fourth-order valence-corrected chi connectivity index (χ4v) is 2.34. The van der Waals surface area contributed by atoms with E-state index in [9.17, 15) is 23.1 Å². The number of aromatic carboxylic acids is 1. The molecule has 0 aliphatic heterocycles. The number of hydrogen-bond acceptors (Lipinski definition) is 5. The summed E-state index contributed by atoms with van der Waals surface area (Å²) in [5, 5.41) is 18.4. The Morgan fingerprint density at radius 3 is 2.36 bits per heavy atom. The highest BCUT2D eigenvalue weighted by molar-refractivity contribution is 7.89. The zero-order valence-electron chi connectivity index (χ0n) is 11.1. The minimum absolute atomic E-state index is 0.0275. The van der Waals surface area contributed by atoms with Crippen molar-refractivity contribution in [3.63, 3.8) is 0 Å². The van der Waals surface area contributed by atoms with E-state index in [2.05, 4.69) is 5.32 Å². The van der Waals surface area contributed by atoms with Crippen LogP contribution in [0.25, 0.3) is 0 Å². The summed E-state index contributed by atoms with van der Waals surface area (Å²) in [5.41, 5.74) is -0.105. The van der Waals surface area contributed by atoms with Crippen LogP contribution >= 0.6 is 0 Å². The van der Waals surface area contributed by atoms with Gasteiger partial charge in [-0.3, -0.25) is 4.79 Å². The number of nitrogens with one attached hydrogen (secondary N) is 1. The van der Waals surface area contributed by atoms with Crippen LogP contribution in [0.4, 0.5) is 5.69 Å². The number of carbonyl (C=O) groups is 2. The predicted octanol–water partition coefficient (Wildman–Crippen LogP) is -0.0502. The maximum atomic E-state index is 12.1. The van der Waals surface area contributed by atoms with Crippen LogP contribution in [0.5, 0.6) is 0 Å². The number of primary sulfonamides is 1. The zero-order chi connectivity index (χ0) is 16.3. The van der Waals surface area contributed by atoms with Crippen molar-refractivity contribution >= 4 is 27.6 Å². The van der Waals surface area contributed by atoms with Gasteiger partial charge >= 0.3 is 0 Å². The summed E-state index contributed by atoms with van der Waals surface area (Å²) in [6.45, 7) is 0. The van der Waals surface area contributed by atoms with Gasteiger partial charge in [0, 0.05) is 11.1 Å². The van der Waals surface area contributed by atoms with Gasteiger partial charge in [0.25, 0.3) is 5.91 Å². The summed E-state index contributed by atoms with van der Waals surface area (Å²) < 4.78 is 22.5. The van der Waals surface area contributed by atoms with Gasteiger partial charge in [-0.05, 0) is 24.3 Å². The fourth-order valence-electron chi connectivity index (χ4n) is 1.78. The molecule has 0 unspecified atom stereocenters. The lowest BCUT2D eigenvalue weighted by Crippen LogP contribution is -2.24. The molecule has 8 heteroatoms. The van der Waals surface area contributed by atoms with Crippen LogP contribution < -0.4 is 15.6 Å². The van der Waals surface area contributed by atoms with Gasteiger partial charge in [-0.1, -0.05) is 24.3 Å². The number of hydrogen-bond donors (Lipinski definition) is 2. The molecule has 0 aliphatic rings. The summed E-state index contributed by atoms with van der Waals surface area (Å²) in [5.74, 6) is -2.10. The molecule has 0 fully saturated rings. The second-order valence-electron chi connectivity index (χ2n) is 4.36. The highest BCUT2D eigenvalue weighted by atomic mass is 32.2. The van der Waals surface area contributed by atoms with E-state index in [1.54, 1.807) is 6.07 Å². The molecular formula is C14H11N2O5S-. The summed E-state index contributed by atoms with van der Waals surface area (Å²) >= 11 is 0. The highest BCUT2D eigenvalue weighted by Crippen LogP contribution is 2.16. The SMILES string of the molecule is NS(=O)(=O)c1cccc(C(=O)Nc2ccccc2C(=O)[O-])c1. The maximum absolute atomic E-state index is 12.1. The van der Waals surface area contributed by atoms with E-state index in [0.29, 0.717) is 0 Å². The molecular weight excluding hydrogens is 308 g/mol. The summed E-state index contributed by atoms with van der Waals surface area (Å²) in [7, 11) is -3.94. The van der Waals surface area contributed by atoms with Crippen LogP contribution in [0.1, 0.15) is 20.7 Å². The van der Waals surface area contributed by atoms with Crippen molar-refractivity contribution in [2.75, 3.05) is 5.32 Å². The molecule has 0 atom stereocenters. The van der Waals surface area contributed by atoms with E-state index in [1.807, 2.05) is 0 Å². The van der Waals surface area contributed by atoms with Crippen molar-refractivity contribution in [1.29, 1.82) is 0 Å². The van der Waals surface area contributed by atoms with Gasteiger partial charge in [-0.2, -0.15) is 0 Å². The third-order valence-electron chi connectivity index (χ3n) is 2.82. The Kier molecular flexibility index (Phi) is 4.25. The van der Waals surface area contributed by atoms with Gasteiger partial charge < -0.3 is 15.2 Å². The Morgan fingerprint density at radius 2 is 1.73 bits per heavy atom. The standard InChI is InChI=1S/C14H12N2O5S/c15-22(20,21)10-5-3-4-9(8-10)13(17)16-12-7-2-1-6-11(12)14(18)19/h1-8H,(H,16,17)(H,18,19)(H2,15,20,21)/p-1. The van der Waals surface area contributed by atoms with Gasteiger partial charge in [0.1, 0.15) is 0 Å². The second kappa shape index (κ2) is 5.96. The first-order chi connectivity index (χ1) is 10.3. The Bertz CT molecular complexity index is 846. The van der Waals surface area contributed by atoms with Gasteiger partial charge in [0.15, 0.2) is 0 Å². The van der Waals surface area contributed by atoms with Crippen LogP contribution in [-0.4, -0.2) is 20.3 Å². The fraction of sp³-hybridized carbons (Fsp3) is 0. The van der Waals surface area contributed by atoms with E-state index in [-0.39, 0.29) is 21.7 Å². The van der Waals surface area contributed by atoms with E-state index in [4.69, 9.17) is 5.14 Å². The number of carboxylic acid groups (broad SMARTS) is 1. The van der Waals surface area contributed by atoms with Gasteiger partial charge in [-0.15, -0.1) is 0 Å². The van der Waals surface area contributed by atoms with Gasteiger partial charge in [-0.25, -0.2) is 13.6 Å². The molecule has 3 N–H and O–H groups in total. The van der Waals surface area contributed by atoms with Crippen LogP contribution in [0.15, 0.2) is 53.4 Å². The van der Waals surface area contributed by atoms with E-state index < -0.39 is 21.9 Å². The van der Waals surface area contributed by atoms with Gasteiger partial charge in [0.2, 0.25) is 10.0 Å². The van der Waals surface area contributed by atoms with Crippen LogP contribution in [0, 0.1) is 0 Å². The molecule has 0 saturated heterocycles. The maximum Gasteiger partial charge on any atom is 0.255 e. The molecule has 0 radical (unpaired) electrons.